The van der Waals surface area contributed by atoms with Crippen molar-refractivity contribution in [3.05, 3.63) is 41.4 Å². The number of nitrogens with zero attached hydrogens (tertiary/aromatic N) is 4. The minimum atomic E-state index is -0.306. The number of anilines is 1. The fourth-order valence-corrected chi connectivity index (χ4v) is 1.55. The van der Waals surface area contributed by atoms with Gasteiger partial charge in [-0.2, -0.15) is 5.26 Å². The Bertz CT molecular complexity index is 610. The lowest BCUT2D eigenvalue weighted by atomic mass is 10.3. The first-order chi connectivity index (χ1) is 8.70. The first-order valence-electron chi connectivity index (χ1n) is 5.03. The third-order valence-electron chi connectivity index (χ3n) is 2.18. The van der Waals surface area contributed by atoms with Gasteiger partial charge in [0.15, 0.2) is 0 Å². The quantitative estimate of drug-likeness (QED) is 0.906. The van der Waals surface area contributed by atoms with Crippen LogP contribution in [0.2, 0.25) is 5.02 Å². The summed E-state index contributed by atoms with van der Waals surface area (Å²) in [6.07, 6.45) is 1.32. The van der Waals surface area contributed by atoms with Gasteiger partial charge in [-0.15, -0.1) is 10.2 Å². The van der Waals surface area contributed by atoms with Crippen LogP contribution in [-0.4, -0.2) is 20.7 Å². The van der Waals surface area contributed by atoms with Crippen LogP contribution in [0, 0.1) is 11.3 Å². The third kappa shape index (κ3) is 2.64. The SMILES string of the molecule is N#Cc1nncn1CC(=O)Nc1ccccc1Cl. The highest BCUT2D eigenvalue weighted by Gasteiger charge is 2.09. The van der Waals surface area contributed by atoms with Crippen LogP contribution in [0.1, 0.15) is 5.82 Å². The van der Waals surface area contributed by atoms with Crippen LogP contribution in [-0.2, 0) is 11.3 Å². The number of rotatable bonds is 3. The zero-order valence-electron chi connectivity index (χ0n) is 9.17. The molecule has 7 heteroatoms. The Hall–Kier alpha value is -2.39. The molecule has 0 fully saturated rings. The number of hydrogen-bond acceptors (Lipinski definition) is 4. The average Bonchev–Trinajstić information content (AvgIpc) is 2.79. The maximum atomic E-state index is 11.7. The molecule has 2 rings (SSSR count). The lowest BCUT2D eigenvalue weighted by molar-refractivity contribution is -0.116. The van der Waals surface area contributed by atoms with Crippen molar-refractivity contribution < 1.29 is 4.79 Å². The number of hydrogen-bond donors (Lipinski definition) is 1. The molecule has 0 aliphatic carbocycles. The van der Waals surface area contributed by atoms with Crippen LogP contribution in [0.5, 0.6) is 0 Å². The molecule has 18 heavy (non-hydrogen) atoms. The molecule has 0 unspecified atom stereocenters. The number of carbonyl (C=O) groups excluding carboxylic acids is 1. The highest BCUT2D eigenvalue weighted by molar-refractivity contribution is 6.33. The molecule has 0 atom stereocenters. The fourth-order valence-electron chi connectivity index (χ4n) is 1.36. The van der Waals surface area contributed by atoms with E-state index in [1.165, 1.54) is 10.9 Å². The van der Waals surface area contributed by atoms with Gasteiger partial charge in [-0.1, -0.05) is 23.7 Å². The van der Waals surface area contributed by atoms with E-state index >= 15 is 0 Å². The van der Waals surface area contributed by atoms with Crippen molar-refractivity contribution in [1.82, 2.24) is 14.8 Å². The molecule has 1 aromatic carbocycles. The van der Waals surface area contributed by atoms with Crippen LogP contribution in [0.4, 0.5) is 5.69 Å². The second kappa shape index (κ2) is 5.29. The van der Waals surface area contributed by atoms with E-state index in [9.17, 15) is 4.79 Å². The first kappa shape index (κ1) is 12.1. The fraction of sp³-hybridized carbons (Fsp3) is 0.0909. The van der Waals surface area contributed by atoms with Crippen LogP contribution in [0.25, 0.3) is 0 Å². The molecule has 0 aliphatic heterocycles. The summed E-state index contributed by atoms with van der Waals surface area (Å²) in [6.45, 7) is -0.0406. The number of para-hydroxylation sites is 1. The molecular weight excluding hydrogens is 254 g/mol. The van der Waals surface area contributed by atoms with E-state index in [0.717, 1.165) is 0 Å². The van der Waals surface area contributed by atoms with Crippen molar-refractivity contribution in [2.24, 2.45) is 0 Å². The maximum Gasteiger partial charge on any atom is 0.244 e. The van der Waals surface area contributed by atoms with Crippen LogP contribution in [0.15, 0.2) is 30.6 Å². The topological polar surface area (TPSA) is 83.6 Å². The molecule has 6 nitrogen and oxygen atoms in total. The van der Waals surface area contributed by atoms with Crippen molar-refractivity contribution >= 4 is 23.2 Å². The zero-order valence-corrected chi connectivity index (χ0v) is 9.92. The summed E-state index contributed by atoms with van der Waals surface area (Å²) >= 11 is 5.91. The van der Waals surface area contributed by atoms with E-state index in [4.69, 9.17) is 16.9 Å². The lowest BCUT2D eigenvalue weighted by Crippen LogP contribution is -2.19. The second-order valence-electron chi connectivity index (χ2n) is 3.42. The first-order valence-corrected chi connectivity index (χ1v) is 5.41. The van der Waals surface area contributed by atoms with Gasteiger partial charge in [0.2, 0.25) is 11.7 Å². The predicted octanol–water partition coefficient (Wildman–Crippen LogP) is 1.44. The van der Waals surface area contributed by atoms with Gasteiger partial charge >= 0.3 is 0 Å². The molecule has 0 spiro atoms. The number of nitriles is 1. The van der Waals surface area contributed by atoms with Crippen molar-refractivity contribution in [1.29, 1.82) is 5.26 Å². The van der Waals surface area contributed by atoms with Crippen molar-refractivity contribution in [2.45, 2.75) is 6.54 Å². The minimum absolute atomic E-state index is 0.0406. The average molecular weight is 262 g/mol. The van der Waals surface area contributed by atoms with E-state index < -0.39 is 0 Å². The number of benzene rings is 1. The molecule has 1 N–H and O–H groups in total. The predicted molar refractivity (Wildman–Crippen MR) is 64.8 cm³/mol. The van der Waals surface area contributed by atoms with Gasteiger partial charge in [-0.05, 0) is 12.1 Å². The molecule has 1 amide bonds. The molecular formula is C11H8ClN5O. The van der Waals surface area contributed by atoms with Crippen molar-refractivity contribution in [2.75, 3.05) is 5.32 Å². The number of aromatic nitrogens is 3. The number of nitrogens with one attached hydrogen (secondary N) is 1. The van der Waals surface area contributed by atoms with Crippen molar-refractivity contribution in [3.63, 3.8) is 0 Å². The van der Waals surface area contributed by atoms with Crippen LogP contribution < -0.4 is 5.32 Å². The number of amides is 1. The summed E-state index contributed by atoms with van der Waals surface area (Å²) in [5.41, 5.74) is 0.524. The Morgan fingerprint density at radius 2 is 2.28 bits per heavy atom. The molecule has 0 saturated heterocycles. The Labute approximate surface area is 108 Å². The van der Waals surface area contributed by atoms with Gasteiger partial charge in [0.25, 0.3) is 0 Å². The Morgan fingerprint density at radius 3 is 3.00 bits per heavy atom. The number of carbonyl (C=O) groups is 1. The van der Waals surface area contributed by atoms with E-state index in [1.54, 1.807) is 24.3 Å². The van der Waals surface area contributed by atoms with Crippen LogP contribution in [0.3, 0.4) is 0 Å². The summed E-state index contributed by atoms with van der Waals surface area (Å²) in [4.78, 5) is 11.7. The summed E-state index contributed by atoms with van der Waals surface area (Å²) < 4.78 is 1.35. The lowest BCUT2D eigenvalue weighted by Gasteiger charge is -2.07. The summed E-state index contributed by atoms with van der Waals surface area (Å²) in [7, 11) is 0. The van der Waals surface area contributed by atoms with Gasteiger partial charge in [-0.25, -0.2) is 0 Å². The van der Waals surface area contributed by atoms with Gasteiger partial charge < -0.3 is 5.32 Å². The normalized spacial score (nSPS) is 9.78. The van der Waals surface area contributed by atoms with E-state index in [-0.39, 0.29) is 18.3 Å². The van der Waals surface area contributed by atoms with E-state index in [2.05, 4.69) is 15.5 Å². The largest absolute Gasteiger partial charge is 0.323 e. The molecule has 0 bridgehead atoms. The van der Waals surface area contributed by atoms with Crippen LogP contribution >= 0.6 is 11.6 Å². The van der Waals surface area contributed by atoms with Gasteiger partial charge in [0.1, 0.15) is 18.9 Å². The highest BCUT2D eigenvalue weighted by atomic mass is 35.5. The molecule has 1 aromatic heterocycles. The summed E-state index contributed by atoms with van der Waals surface area (Å²) in [5, 5.41) is 18.9. The molecule has 0 aliphatic rings. The molecule has 90 valence electrons. The highest BCUT2D eigenvalue weighted by Crippen LogP contribution is 2.20. The smallest absolute Gasteiger partial charge is 0.244 e. The van der Waals surface area contributed by atoms with Crippen molar-refractivity contribution in [3.8, 4) is 6.07 Å². The molecule has 0 saturated carbocycles. The Balaban J connectivity index is 2.06. The molecule has 1 heterocycles. The zero-order chi connectivity index (χ0) is 13.0. The van der Waals surface area contributed by atoms with Gasteiger partial charge in [0, 0.05) is 0 Å². The summed E-state index contributed by atoms with van der Waals surface area (Å²) in [5.74, 6) is -0.219. The Morgan fingerprint density at radius 1 is 1.50 bits per heavy atom. The van der Waals surface area contributed by atoms with Gasteiger partial charge in [0.05, 0.1) is 10.7 Å². The Kier molecular flexibility index (Phi) is 3.55. The molecule has 2 aromatic rings. The van der Waals surface area contributed by atoms with Gasteiger partial charge in [-0.3, -0.25) is 9.36 Å². The number of halogens is 1. The molecule has 0 radical (unpaired) electrons. The maximum absolute atomic E-state index is 11.7. The monoisotopic (exact) mass is 261 g/mol. The van der Waals surface area contributed by atoms with E-state index in [1.807, 2.05) is 6.07 Å². The van der Waals surface area contributed by atoms with E-state index in [0.29, 0.717) is 10.7 Å². The summed E-state index contributed by atoms with van der Waals surface area (Å²) in [6, 6.07) is 8.74. The second-order valence-corrected chi connectivity index (χ2v) is 3.83. The third-order valence-corrected chi connectivity index (χ3v) is 2.51. The standard InChI is InChI=1S/C11H8ClN5O/c12-8-3-1-2-4-9(8)15-11(18)6-17-7-14-16-10(17)5-13/h1-4,7H,6H2,(H,15,18). The minimum Gasteiger partial charge on any atom is -0.323 e.